The van der Waals surface area contributed by atoms with Gasteiger partial charge >= 0.3 is 29.6 Å². The molecule has 0 N–H and O–H groups in total. The second kappa shape index (κ2) is 10.3. The van der Waals surface area contributed by atoms with Crippen LogP contribution in [0.25, 0.3) is 10.2 Å². The largest absolute Gasteiger partial charge is 1.00 e. The molecule has 0 aliphatic rings. The number of nitrogens with zero attached hydrogens (tertiary/aromatic N) is 2. The summed E-state index contributed by atoms with van der Waals surface area (Å²) in [6.45, 7) is 5.95. The van der Waals surface area contributed by atoms with Crippen molar-refractivity contribution in [2.24, 2.45) is 0 Å². The Morgan fingerprint density at radius 1 is 1.37 bits per heavy atom. The van der Waals surface area contributed by atoms with Gasteiger partial charge < -0.3 is 29.7 Å². The van der Waals surface area contributed by atoms with Gasteiger partial charge in [-0.15, -0.1) is 24.0 Å². The van der Waals surface area contributed by atoms with Crippen LogP contribution in [-0.4, -0.2) is 27.3 Å². The second-order valence-electron chi connectivity index (χ2n) is 3.40. The van der Waals surface area contributed by atoms with Crippen LogP contribution in [0.3, 0.4) is 0 Å². The number of thiocarbonyl (C=S) groups is 1. The average molecular weight is 339 g/mol. The van der Waals surface area contributed by atoms with Crippen LogP contribution < -0.4 is 29.6 Å². The van der Waals surface area contributed by atoms with Crippen molar-refractivity contribution < 1.29 is 29.6 Å². The number of fused-ring (bicyclic) bond motifs is 1. The molecule has 0 fully saturated rings. The van der Waals surface area contributed by atoms with Gasteiger partial charge in [0.25, 0.3) is 0 Å². The van der Waals surface area contributed by atoms with Crippen LogP contribution in [0.15, 0.2) is 28.6 Å². The first kappa shape index (κ1) is 19.6. The van der Waals surface area contributed by atoms with E-state index in [2.05, 4.69) is 17.6 Å². The third-order valence-corrected chi connectivity index (χ3v) is 4.03. The second-order valence-corrected chi connectivity index (χ2v) is 6.19. The predicted octanol–water partition coefficient (Wildman–Crippen LogP) is 0.749. The summed E-state index contributed by atoms with van der Waals surface area (Å²) in [4.78, 5) is 6.16. The van der Waals surface area contributed by atoms with E-state index >= 15 is 0 Å². The normalized spacial score (nSPS) is 9.21. The Morgan fingerprint density at radius 2 is 1.95 bits per heavy atom. The van der Waals surface area contributed by atoms with Crippen LogP contribution >= 0.6 is 36.2 Å². The van der Waals surface area contributed by atoms with Crippen LogP contribution in [0.4, 0.5) is 0 Å². The zero-order valence-electron chi connectivity index (χ0n) is 11.3. The van der Waals surface area contributed by atoms with Crippen molar-refractivity contribution in [3.63, 3.8) is 0 Å². The van der Waals surface area contributed by atoms with Gasteiger partial charge in [-0.2, -0.15) is 0 Å². The maximum Gasteiger partial charge on any atom is 1.00 e. The summed E-state index contributed by atoms with van der Waals surface area (Å²) in [5.41, 5.74) is 1.04. The zero-order valence-corrected chi connectivity index (χ0v) is 16.6. The van der Waals surface area contributed by atoms with Gasteiger partial charge in [-0.1, -0.05) is 16.5 Å². The number of thiazole rings is 1. The van der Waals surface area contributed by atoms with Gasteiger partial charge in [-0.3, -0.25) is 0 Å². The molecular formula is C12H15N2NaS4. The molecule has 0 unspecified atom stereocenters. The van der Waals surface area contributed by atoms with Crippen molar-refractivity contribution >= 4 is 63.3 Å². The summed E-state index contributed by atoms with van der Waals surface area (Å²) in [6.07, 6.45) is 0. The van der Waals surface area contributed by atoms with Gasteiger partial charge in [0.2, 0.25) is 0 Å². The molecule has 1 aromatic heterocycles. The van der Waals surface area contributed by atoms with Crippen molar-refractivity contribution in [1.82, 2.24) is 9.88 Å². The number of hydrogen-bond acceptors (Lipinski definition) is 5. The minimum Gasteiger partial charge on any atom is -0.411 e. The van der Waals surface area contributed by atoms with E-state index in [1.807, 2.05) is 43.0 Å². The summed E-state index contributed by atoms with van der Waals surface area (Å²) in [5.74, 6) is 0. The van der Waals surface area contributed by atoms with Crippen molar-refractivity contribution in [1.29, 1.82) is 0 Å². The molecule has 1 heterocycles. The van der Waals surface area contributed by atoms with Gasteiger partial charge in [0.05, 0.1) is 10.2 Å². The number of rotatable bonds is 2. The first-order valence-electron chi connectivity index (χ1n) is 5.58. The molecule has 0 bridgehead atoms. The number of para-hydroxylation sites is 1. The molecule has 19 heavy (non-hydrogen) atoms. The van der Waals surface area contributed by atoms with Crippen LogP contribution in [0.5, 0.6) is 0 Å². The van der Waals surface area contributed by atoms with E-state index in [9.17, 15) is 0 Å². The Morgan fingerprint density at radius 3 is 2.37 bits per heavy atom. The molecule has 1 aromatic carbocycles. The fourth-order valence-electron chi connectivity index (χ4n) is 1.34. The molecule has 0 spiro atoms. The first-order valence-corrected chi connectivity index (χ1v) is 7.67. The minimum atomic E-state index is 0. The fraction of sp³-hybridized carbons (Fsp3) is 0.333. The van der Waals surface area contributed by atoms with Crippen molar-refractivity contribution in [3.05, 3.63) is 24.3 Å². The van der Waals surface area contributed by atoms with Crippen LogP contribution in [0, 0.1) is 0 Å². The average Bonchev–Trinajstić information content (AvgIpc) is 2.71. The van der Waals surface area contributed by atoms with Gasteiger partial charge in [-0.25, -0.2) is 4.98 Å². The topological polar surface area (TPSA) is 16.1 Å². The third-order valence-electron chi connectivity index (χ3n) is 2.30. The maximum atomic E-state index is 4.76. The van der Waals surface area contributed by atoms with E-state index in [4.69, 9.17) is 24.8 Å². The van der Waals surface area contributed by atoms with Crippen LogP contribution in [-0.2, 0) is 12.6 Å². The van der Waals surface area contributed by atoms with Crippen LogP contribution in [0.1, 0.15) is 13.8 Å². The Labute approximate surface area is 157 Å². The third kappa shape index (κ3) is 6.71. The summed E-state index contributed by atoms with van der Waals surface area (Å²) in [7, 11) is 0. The van der Waals surface area contributed by atoms with E-state index in [-0.39, 0.29) is 29.6 Å². The number of aromatic nitrogens is 1. The van der Waals surface area contributed by atoms with Crippen LogP contribution in [0.2, 0.25) is 0 Å². The summed E-state index contributed by atoms with van der Waals surface area (Å²) in [6, 6.07) is 8.03. The molecular weight excluding hydrogens is 323 g/mol. The van der Waals surface area contributed by atoms with Crippen molar-refractivity contribution in [2.75, 3.05) is 13.1 Å². The van der Waals surface area contributed by atoms with Gasteiger partial charge in [-0.05, 0) is 26.0 Å². The smallest absolute Gasteiger partial charge is 0.411 e. The zero-order chi connectivity index (χ0) is 13.5. The van der Waals surface area contributed by atoms with Gasteiger partial charge in [0, 0.05) is 13.1 Å². The number of thiol groups is 1. The molecule has 0 radical (unpaired) electrons. The molecule has 0 aliphatic carbocycles. The molecule has 98 valence electrons. The summed E-state index contributed by atoms with van der Waals surface area (Å²) < 4.78 is 2.61. The Balaban J connectivity index is 0.000000335. The summed E-state index contributed by atoms with van der Waals surface area (Å²) in [5, 5.41) is 0. The van der Waals surface area contributed by atoms with E-state index in [1.165, 1.54) is 4.70 Å². The van der Waals surface area contributed by atoms with E-state index in [0.29, 0.717) is 4.32 Å². The monoisotopic (exact) mass is 338 g/mol. The van der Waals surface area contributed by atoms with Gasteiger partial charge in [0.15, 0.2) is 0 Å². The standard InChI is InChI=1S/C7H5NS2.C5H11NS2.Na/c9-7-8-5-3-1-2-4-6(5)10-7;1-3-6(4-2)5(7)8;/h1-4H,(H,8,9);3-4H2,1-2H3,(H,7,8);/q;;+1/p-1. The molecule has 7 heteroatoms. The molecule has 2 nitrogen and oxygen atoms in total. The molecule has 0 atom stereocenters. The van der Waals surface area contributed by atoms with Crippen molar-refractivity contribution in [3.8, 4) is 0 Å². The molecule has 0 saturated heterocycles. The maximum absolute atomic E-state index is 4.76. The number of hydrogen-bond donors (Lipinski definition) is 1. The molecule has 2 aromatic rings. The minimum absolute atomic E-state index is 0. The molecule has 0 aliphatic heterocycles. The Kier molecular flexibility index (Phi) is 10.6. The quantitative estimate of drug-likeness (QED) is 0.376. The first-order chi connectivity index (χ1) is 8.58. The van der Waals surface area contributed by atoms with E-state index in [1.54, 1.807) is 11.3 Å². The van der Waals surface area contributed by atoms with Gasteiger partial charge in [0.1, 0.15) is 4.34 Å². The van der Waals surface area contributed by atoms with E-state index < -0.39 is 0 Å². The Bertz CT molecular complexity index is 478. The molecule has 2 rings (SSSR count). The summed E-state index contributed by atoms with van der Waals surface area (Å²) >= 11 is 15.3. The predicted molar refractivity (Wildman–Crippen MR) is 89.8 cm³/mol. The van der Waals surface area contributed by atoms with E-state index in [0.717, 1.165) is 22.9 Å². The molecule has 0 amide bonds. The molecule has 0 saturated carbocycles. The van der Waals surface area contributed by atoms with Crippen molar-refractivity contribution in [2.45, 2.75) is 18.2 Å². The Hall–Kier alpha value is 0.570. The number of benzene rings is 1. The fourth-order valence-corrected chi connectivity index (χ4v) is 2.97. The SMILES string of the molecule is CCN(CC)C(=S)[S-].Sc1nc2ccccc2s1.[Na+].